The summed E-state index contributed by atoms with van der Waals surface area (Å²) in [5, 5.41) is 1.18. The third-order valence-electron chi connectivity index (χ3n) is 0.418. The molecule has 0 bridgehead atoms. The van der Waals surface area contributed by atoms with Crippen LogP contribution in [-0.4, -0.2) is 23.2 Å². The molecule has 0 aliphatic rings. The van der Waals surface area contributed by atoms with Gasteiger partial charge in [0.2, 0.25) is 0 Å². The maximum Gasteiger partial charge on any atom is 0.176 e. The van der Waals surface area contributed by atoms with Gasteiger partial charge in [0.25, 0.3) is 0 Å². The highest BCUT2D eigenvalue weighted by atomic mass is 32.2. The van der Waals surface area contributed by atoms with Crippen LogP contribution in [0, 0.1) is 0 Å². The molecule has 0 aromatic heterocycles. The molecule has 0 unspecified atom stereocenters. The molecule has 0 heterocycles. The van der Waals surface area contributed by atoms with Crippen LogP contribution in [0.15, 0.2) is 0 Å². The quantitative estimate of drug-likeness (QED) is 0.534. The van der Waals surface area contributed by atoms with Gasteiger partial charge in [0.05, 0.1) is 5.75 Å². The molecule has 0 radical (unpaired) electrons. The van der Waals surface area contributed by atoms with E-state index in [-0.39, 0.29) is 5.78 Å². The van der Waals surface area contributed by atoms with Crippen LogP contribution >= 0.6 is 24.0 Å². The van der Waals surface area contributed by atoms with Crippen molar-refractivity contribution in [1.29, 1.82) is 0 Å². The fourth-order valence-electron chi connectivity index (χ4n) is 0.176. The van der Waals surface area contributed by atoms with Crippen molar-refractivity contribution in [1.82, 2.24) is 0 Å². The van der Waals surface area contributed by atoms with Crippen LogP contribution in [-0.2, 0) is 4.79 Å². The summed E-state index contributed by atoms with van der Waals surface area (Å²) in [6, 6.07) is 0. The maximum absolute atomic E-state index is 10.2. The Balaban J connectivity index is 3.17. The van der Waals surface area contributed by atoms with Crippen LogP contribution in [0.3, 0.4) is 0 Å². The Morgan fingerprint density at radius 1 is 2.00 bits per heavy atom. The molecule has 3 heteroatoms. The molecule has 0 spiro atoms. The maximum atomic E-state index is 10.2. The molecule has 0 aromatic rings. The van der Waals surface area contributed by atoms with E-state index in [9.17, 15) is 4.79 Å². The third kappa shape index (κ3) is 3.95. The first-order valence-electron chi connectivity index (χ1n) is 1.78. The van der Waals surface area contributed by atoms with Crippen molar-refractivity contribution in [3.05, 3.63) is 0 Å². The third-order valence-corrected chi connectivity index (χ3v) is 1.25. The molecule has 1 nitrogen and oxygen atoms in total. The number of Topliss-reactive ketones (excluding diaryl/α,β-unsaturated/α-hetero) is 1. The number of ketones is 1. The lowest BCUT2D eigenvalue weighted by atomic mass is 10.5. The number of thioether (sulfide) groups is 1. The lowest BCUT2D eigenvalue weighted by molar-refractivity contribution is -0.110. The molecule has 0 aliphatic heterocycles. The first-order chi connectivity index (χ1) is 3.31. The molecular weight excluding hydrogens is 128 g/mol. The summed E-state index contributed by atoms with van der Waals surface area (Å²) in [4.78, 5) is 10.2. The van der Waals surface area contributed by atoms with E-state index < -0.39 is 0 Å². The second kappa shape index (κ2) is 4.27. The van der Waals surface area contributed by atoms with E-state index in [0.29, 0.717) is 5.75 Å². The van der Waals surface area contributed by atoms with Gasteiger partial charge >= 0.3 is 0 Å². The molecular formula is C4H6OS2. The highest BCUT2D eigenvalue weighted by Crippen LogP contribution is 1.88. The van der Waals surface area contributed by atoms with Crippen LogP contribution < -0.4 is 0 Å². The molecule has 0 rings (SSSR count). The predicted molar refractivity (Wildman–Crippen MR) is 37.0 cm³/mol. The number of carbonyl (C=O) groups is 1. The van der Waals surface area contributed by atoms with Crippen molar-refractivity contribution in [2.45, 2.75) is 0 Å². The summed E-state index contributed by atoms with van der Waals surface area (Å²) in [7, 11) is 0. The molecule has 0 atom stereocenters. The zero-order chi connectivity index (χ0) is 5.70. The van der Waals surface area contributed by atoms with Crippen LogP contribution in [0.4, 0.5) is 0 Å². The van der Waals surface area contributed by atoms with E-state index >= 15 is 0 Å². The van der Waals surface area contributed by atoms with Gasteiger partial charge in [0.1, 0.15) is 0 Å². The van der Waals surface area contributed by atoms with Crippen molar-refractivity contribution in [2.24, 2.45) is 0 Å². The number of carbonyl (C=O) groups excluding carboxylic acids is 1. The Kier molecular flexibility index (Phi) is 4.34. The van der Waals surface area contributed by atoms with Crippen molar-refractivity contribution in [2.75, 3.05) is 12.0 Å². The summed E-state index contributed by atoms with van der Waals surface area (Å²) in [6.45, 7) is 0. The minimum absolute atomic E-state index is 0.0301. The Labute approximate surface area is 52.5 Å². The average Bonchev–Trinajstić information content (AvgIpc) is 1.68. The van der Waals surface area contributed by atoms with Gasteiger partial charge in [-0.1, -0.05) is 12.2 Å². The number of hydrogen-bond acceptors (Lipinski definition) is 3. The van der Waals surface area contributed by atoms with Crippen molar-refractivity contribution in [3.63, 3.8) is 0 Å². The van der Waals surface area contributed by atoms with Gasteiger partial charge in [-0.05, 0) is 6.26 Å². The SMILES string of the molecule is CSCC(=O)C=S. The highest BCUT2D eigenvalue weighted by molar-refractivity contribution is 7.99. The van der Waals surface area contributed by atoms with Gasteiger partial charge < -0.3 is 0 Å². The summed E-state index contributed by atoms with van der Waals surface area (Å²) >= 11 is 5.84. The Morgan fingerprint density at radius 2 is 2.57 bits per heavy atom. The number of rotatable bonds is 3. The molecule has 0 N–H and O–H groups in total. The molecule has 0 fully saturated rings. The molecule has 7 heavy (non-hydrogen) atoms. The minimum atomic E-state index is 0.0301. The topological polar surface area (TPSA) is 17.1 Å². The van der Waals surface area contributed by atoms with Gasteiger partial charge in [0.15, 0.2) is 5.78 Å². The predicted octanol–water partition coefficient (Wildman–Crippen LogP) is 0.918. The molecule has 0 saturated heterocycles. The Bertz CT molecular complexity index is 79.8. The number of thiocarbonyl (C=S) groups is 1. The standard InChI is InChI=1S/C4H6OS2/c1-7-3-4(5)2-6/h2H,3H2,1H3. The highest BCUT2D eigenvalue weighted by Gasteiger charge is 1.89. The van der Waals surface area contributed by atoms with Crippen molar-refractivity contribution in [3.8, 4) is 0 Å². The van der Waals surface area contributed by atoms with Gasteiger partial charge in [0, 0.05) is 5.37 Å². The molecule has 0 amide bonds. The normalized spacial score (nSPS) is 8.14. The van der Waals surface area contributed by atoms with Crippen LogP contribution in [0.25, 0.3) is 0 Å². The molecule has 0 aliphatic carbocycles. The second-order valence-corrected chi connectivity index (χ2v) is 2.12. The van der Waals surface area contributed by atoms with E-state index in [0.717, 1.165) is 0 Å². The lowest BCUT2D eigenvalue weighted by Crippen LogP contribution is -1.98. The van der Waals surface area contributed by atoms with Crippen LogP contribution in [0.5, 0.6) is 0 Å². The van der Waals surface area contributed by atoms with E-state index in [1.165, 1.54) is 17.1 Å². The van der Waals surface area contributed by atoms with Gasteiger partial charge in [-0.15, -0.1) is 0 Å². The number of hydrogen-bond donors (Lipinski definition) is 0. The van der Waals surface area contributed by atoms with Crippen LogP contribution in [0.1, 0.15) is 0 Å². The molecule has 40 valence electrons. The van der Waals surface area contributed by atoms with Crippen LogP contribution in [0.2, 0.25) is 0 Å². The van der Waals surface area contributed by atoms with E-state index in [2.05, 4.69) is 12.2 Å². The molecule has 0 aromatic carbocycles. The van der Waals surface area contributed by atoms with Crippen molar-refractivity contribution >= 4 is 35.1 Å². The Hall–Kier alpha value is 0.110. The Morgan fingerprint density at radius 3 is 2.71 bits per heavy atom. The zero-order valence-electron chi connectivity index (χ0n) is 4.01. The first-order valence-corrected chi connectivity index (χ1v) is 3.64. The first kappa shape index (κ1) is 7.11. The van der Waals surface area contributed by atoms with E-state index in [1.807, 2.05) is 6.26 Å². The van der Waals surface area contributed by atoms with Gasteiger partial charge in [-0.2, -0.15) is 11.8 Å². The summed E-state index contributed by atoms with van der Waals surface area (Å²) in [5.41, 5.74) is 0. The minimum Gasteiger partial charge on any atom is -0.293 e. The monoisotopic (exact) mass is 134 g/mol. The largest absolute Gasteiger partial charge is 0.293 e. The van der Waals surface area contributed by atoms with Gasteiger partial charge in [-0.25, -0.2) is 0 Å². The summed E-state index contributed by atoms with van der Waals surface area (Å²) < 4.78 is 0. The summed E-state index contributed by atoms with van der Waals surface area (Å²) in [5.74, 6) is 0.547. The fourth-order valence-corrected chi connectivity index (χ4v) is 0.733. The lowest BCUT2D eigenvalue weighted by Gasteiger charge is -1.82. The second-order valence-electron chi connectivity index (χ2n) is 1.02. The van der Waals surface area contributed by atoms with Crippen molar-refractivity contribution < 1.29 is 4.79 Å². The molecule has 0 saturated carbocycles. The fraction of sp³-hybridized carbons (Fsp3) is 0.500. The van der Waals surface area contributed by atoms with Gasteiger partial charge in [-0.3, -0.25) is 4.79 Å². The summed E-state index contributed by atoms with van der Waals surface area (Å²) in [6.07, 6.45) is 1.87. The van der Waals surface area contributed by atoms with E-state index in [4.69, 9.17) is 0 Å². The smallest absolute Gasteiger partial charge is 0.176 e. The average molecular weight is 134 g/mol. The van der Waals surface area contributed by atoms with E-state index in [1.54, 1.807) is 0 Å². The zero-order valence-corrected chi connectivity index (χ0v) is 5.64.